The Morgan fingerprint density at radius 2 is 2.00 bits per heavy atom. The van der Waals surface area contributed by atoms with Gasteiger partial charge in [-0.3, -0.25) is 0 Å². The number of halogens is 1. The summed E-state index contributed by atoms with van der Waals surface area (Å²) < 4.78 is 1.06. The molecule has 1 heterocycles. The molecule has 1 aromatic carbocycles. The van der Waals surface area contributed by atoms with Gasteiger partial charge in [0, 0.05) is 23.0 Å². The maximum atomic E-state index is 5.43. The van der Waals surface area contributed by atoms with E-state index in [0.29, 0.717) is 5.82 Å². The molecule has 106 valence electrons. The molecule has 0 fully saturated rings. The van der Waals surface area contributed by atoms with Crippen LogP contribution in [0.25, 0.3) is 0 Å². The number of nitrogen functional groups attached to an aromatic ring is 1. The zero-order valence-corrected chi connectivity index (χ0v) is 13.1. The lowest BCUT2D eigenvalue weighted by molar-refractivity contribution is 0.856. The van der Waals surface area contributed by atoms with Crippen LogP contribution >= 0.6 is 15.9 Å². The van der Waals surface area contributed by atoms with Crippen molar-refractivity contribution in [2.45, 2.75) is 26.3 Å². The molecule has 20 heavy (non-hydrogen) atoms. The van der Waals surface area contributed by atoms with Crippen molar-refractivity contribution in [3.8, 4) is 0 Å². The van der Waals surface area contributed by atoms with E-state index in [1.165, 1.54) is 5.56 Å². The Morgan fingerprint density at radius 1 is 1.25 bits per heavy atom. The number of hydrogen-bond acceptors (Lipinski definition) is 5. The number of benzene rings is 1. The molecule has 0 radical (unpaired) electrons. The van der Waals surface area contributed by atoms with Crippen LogP contribution in [0.3, 0.4) is 0 Å². The van der Waals surface area contributed by atoms with Crippen LogP contribution in [0.15, 0.2) is 34.8 Å². The van der Waals surface area contributed by atoms with Crippen molar-refractivity contribution in [1.82, 2.24) is 9.97 Å². The van der Waals surface area contributed by atoms with E-state index in [-0.39, 0.29) is 6.04 Å². The van der Waals surface area contributed by atoms with Gasteiger partial charge < -0.3 is 10.7 Å². The molecule has 0 saturated heterocycles. The van der Waals surface area contributed by atoms with Gasteiger partial charge in [-0.1, -0.05) is 35.0 Å². The molecule has 0 saturated carbocycles. The Hall–Kier alpha value is -1.66. The third kappa shape index (κ3) is 3.68. The van der Waals surface area contributed by atoms with Crippen LogP contribution in [0.4, 0.5) is 11.6 Å². The van der Waals surface area contributed by atoms with E-state index in [0.717, 1.165) is 22.5 Å². The number of hydrogen-bond donors (Lipinski definition) is 3. The molecule has 0 amide bonds. The second kappa shape index (κ2) is 6.67. The van der Waals surface area contributed by atoms with Gasteiger partial charge in [0.05, 0.1) is 0 Å². The first-order chi connectivity index (χ1) is 9.62. The van der Waals surface area contributed by atoms with E-state index in [4.69, 9.17) is 5.84 Å². The van der Waals surface area contributed by atoms with Gasteiger partial charge in [-0.15, -0.1) is 0 Å². The SMILES string of the molecule is CCc1nc(NN)cc(NC(C)c2cccc(Br)c2)n1. The van der Waals surface area contributed by atoms with Crippen LogP contribution < -0.4 is 16.6 Å². The molecule has 4 N–H and O–H groups in total. The highest BCUT2D eigenvalue weighted by atomic mass is 79.9. The molecule has 5 nitrogen and oxygen atoms in total. The molecule has 1 atom stereocenters. The highest BCUT2D eigenvalue weighted by Gasteiger charge is 2.08. The maximum absolute atomic E-state index is 5.43. The van der Waals surface area contributed by atoms with Gasteiger partial charge in [0.2, 0.25) is 0 Å². The summed E-state index contributed by atoms with van der Waals surface area (Å²) in [5, 5.41) is 3.37. The van der Waals surface area contributed by atoms with E-state index in [1.54, 1.807) is 6.07 Å². The van der Waals surface area contributed by atoms with Gasteiger partial charge in [-0.25, -0.2) is 15.8 Å². The summed E-state index contributed by atoms with van der Waals surface area (Å²) in [6.45, 7) is 4.10. The fourth-order valence-electron chi connectivity index (χ4n) is 1.88. The quantitative estimate of drug-likeness (QED) is 0.577. The van der Waals surface area contributed by atoms with Crippen molar-refractivity contribution in [3.05, 3.63) is 46.2 Å². The standard InChI is InChI=1S/C14H18BrN5/c1-3-12-18-13(8-14(19-12)20-16)17-9(2)10-5-4-6-11(15)7-10/h4-9H,3,16H2,1-2H3,(H2,17,18,19,20). The molecule has 6 heteroatoms. The Balaban J connectivity index is 2.20. The van der Waals surface area contributed by atoms with Gasteiger partial charge in [0.15, 0.2) is 0 Å². The summed E-state index contributed by atoms with van der Waals surface area (Å²) in [6, 6.07) is 10.1. The van der Waals surface area contributed by atoms with Crippen molar-refractivity contribution < 1.29 is 0 Å². The number of aryl methyl sites for hydroxylation is 1. The Bertz CT molecular complexity index is 565. The average Bonchev–Trinajstić information content (AvgIpc) is 2.46. The van der Waals surface area contributed by atoms with Crippen LogP contribution in [-0.2, 0) is 6.42 Å². The van der Waals surface area contributed by atoms with E-state index in [1.807, 2.05) is 19.1 Å². The highest BCUT2D eigenvalue weighted by molar-refractivity contribution is 9.10. The predicted octanol–water partition coefficient (Wildman–Crippen LogP) is 3.26. The first-order valence-corrected chi connectivity index (χ1v) is 7.28. The van der Waals surface area contributed by atoms with Crippen LogP contribution in [0.1, 0.15) is 31.3 Å². The predicted molar refractivity (Wildman–Crippen MR) is 85.4 cm³/mol. The first-order valence-electron chi connectivity index (χ1n) is 6.49. The number of hydrazine groups is 1. The number of aromatic nitrogens is 2. The summed E-state index contributed by atoms with van der Waals surface area (Å²) in [4.78, 5) is 8.73. The average molecular weight is 336 g/mol. The van der Waals surface area contributed by atoms with E-state index in [2.05, 4.69) is 55.7 Å². The number of nitrogens with two attached hydrogens (primary N) is 1. The normalized spacial score (nSPS) is 12.0. The molecule has 0 aliphatic heterocycles. The molecule has 0 bridgehead atoms. The van der Waals surface area contributed by atoms with Crippen LogP contribution in [-0.4, -0.2) is 9.97 Å². The van der Waals surface area contributed by atoms with Crippen molar-refractivity contribution in [3.63, 3.8) is 0 Å². The summed E-state index contributed by atoms with van der Waals surface area (Å²) in [7, 11) is 0. The van der Waals surface area contributed by atoms with E-state index in [9.17, 15) is 0 Å². The molecule has 0 aliphatic rings. The van der Waals surface area contributed by atoms with Gasteiger partial charge >= 0.3 is 0 Å². The number of rotatable bonds is 5. The fraction of sp³-hybridized carbons (Fsp3) is 0.286. The molecule has 2 aromatic rings. The highest BCUT2D eigenvalue weighted by Crippen LogP contribution is 2.22. The minimum atomic E-state index is 0.137. The molecular formula is C14H18BrN5. The molecular weight excluding hydrogens is 318 g/mol. The van der Waals surface area contributed by atoms with Crippen LogP contribution in [0, 0.1) is 0 Å². The third-order valence-corrected chi connectivity index (χ3v) is 3.44. The van der Waals surface area contributed by atoms with E-state index >= 15 is 0 Å². The Labute approximate surface area is 127 Å². The van der Waals surface area contributed by atoms with Gasteiger partial charge in [-0.2, -0.15) is 0 Å². The number of anilines is 2. The Kier molecular flexibility index (Phi) is 4.92. The van der Waals surface area contributed by atoms with Gasteiger partial charge in [-0.05, 0) is 24.6 Å². The van der Waals surface area contributed by atoms with Crippen LogP contribution in [0.5, 0.6) is 0 Å². The van der Waals surface area contributed by atoms with E-state index < -0.39 is 0 Å². The summed E-state index contributed by atoms with van der Waals surface area (Å²) >= 11 is 3.48. The van der Waals surface area contributed by atoms with Gasteiger partial charge in [0.25, 0.3) is 0 Å². The van der Waals surface area contributed by atoms with Crippen molar-refractivity contribution in [2.75, 3.05) is 10.7 Å². The molecule has 1 unspecified atom stereocenters. The minimum absolute atomic E-state index is 0.137. The maximum Gasteiger partial charge on any atom is 0.145 e. The zero-order valence-electron chi connectivity index (χ0n) is 11.5. The fourth-order valence-corrected chi connectivity index (χ4v) is 2.30. The molecule has 2 rings (SSSR count). The summed E-state index contributed by atoms with van der Waals surface area (Å²) in [6.07, 6.45) is 0.759. The number of nitrogens with zero attached hydrogens (tertiary/aromatic N) is 2. The lowest BCUT2D eigenvalue weighted by Crippen LogP contribution is -2.13. The molecule has 0 spiro atoms. The molecule has 0 aliphatic carbocycles. The minimum Gasteiger partial charge on any atom is -0.363 e. The zero-order chi connectivity index (χ0) is 14.5. The summed E-state index contributed by atoms with van der Waals surface area (Å²) in [5.41, 5.74) is 3.74. The molecule has 1 aromatic heterocycles. The summed E-state index contributed by atoms with van der Waals surface area (Å²) in [5.74, 6) is 7.56. The largest absolute Gasteiger partial charge is 0.363 e. The first kappa shape index (κ1) is 14.7. The lowest BCUT2D eigenvalue weighted by atomic mass is 10.1. The van der Waals surface area contributed by atoms with Crippen molar-refractivity contribution in [2.24, 2.45) is 5.84 Å². The lowest BCUT2D eigenvalue weighted by Gasteiger charge is -2.16. The van der Waals surface area contributed by atoms with Crippen molar-refractivity contribution in [1.29, 1.82) is 0 Å². The second-order valence-electron chi connectivity index (χ2n) is 4.47. The van der Waals surface area contributed by atoms with Gasteiger partial charge in [0.1, 0.15) is 17.5 Å². The number of nitrogens with one attached hydrogen (secondary N) is 2. The third-order valence-electron chi connectivity index (χ3n) is 2.95. The Morgan fingerprint density at radius 3 is 2.65 bits per heavy atom. The smallest absolute Gasteiger partial charge is 0.145 e. The van der Waals surface area contributed by atoms with Crippen molar-refractivity contribution >= 4 is 27.6 Å². The topological polar surface area (TPSA) is 75.9 Å². The van der Waals surface area contributed by atoms with Crippen LogP contribution in [0.2, 0.25) is 0 Å². The second-order valence-corrected chi connectivity index (χ2v) is 5.39. The monoisotopic (exact) mass is 335 g/mol.